The number of hydrogen-bond acceptors (Lipinski definition) is 4. The number of hydrogen-bond donors (Lipinski definition) is 1. The standard InChI is InChI=1S/C24H28N2O3/c1-17(2)21(18-7-5-4-6-8-18)15-25-23(27)13-14-24-26-16-22(29-24)19-9-11-20(28-3)12-10-19/h4-12,16-17,21H,13-15H2,1-3H3,(H,25,27). The summed E-state index contributed by atoms with van der Waals surface area (Å²) in [4.78, 5) is 16.6. The van der Waals surface area contributed by atoms with E-state index < -0.39 is 0 Å². The van der Waals surface area contributed by atoms with Crippen LogP contribution in [0.1, 0.15) is 37.6 Å². The molecule has 0 spiro atoms. The minimum absolute atomic E-state index is 0.00998. The first-order valence-corrected chi connectivity index (χ1v) is 9.97. The third kappa shape index (κ3) is 5.70. The maximum Gasteiger partial charge on any atom is 0.220 e. The summed E-state index contributed by atoms with van der Waals surface area (Å²) in [6, 6.07) is 17.9. The molecule has 0 radical (unpaired) electrons. The van der Waals surface area contributed by atoms with Crippen LogP contribution >= 0.6 is 0 Å². The van der Waals surface area contributed by atoms with Gasteiger partial charge in [0.2, 0.25) is 5.91 Å². The normalized spacial score (nSPS) is 12.0. The van der Waals surface area contributed by atoms with Crippen LogP contribution < -0.4 is 10.1 Å². The van der Waals surface area contributed by atoms with E-state index >= 15 is 0 Å². The molecular formula is C24H28N2O3. The van der Waals surface area contributed by atoms with Crippen molar-refractivity contribution in [3.8, 4) is 17.1 Å². The van der Waals surface area contributed by atoms with E-state index in [0.717, 1.165) is 11.3 Å². The van der Waals surface area contributed by atoms with Gasteiger partial charge in [-0.1, -0.05) is 44.2 Å². The highest BCUT2D eigenvalue weighted by Crippen LogP contribution is 2.24. The molecule has 1 atom stereocenters. The van der Waals surface area contributed by atoms with Gasteiger partial charge in [0.1, 0.15) is 5.75 Å². The number of aromatic nitrogens is 1. The van der Waals surface area contributed by atoms with Crippen molar-refractivity contribution in [1.29, 1.82) is 0 Å². The second kappa shape index (κ2) is 9.92. The van der Waals surface area contributed by atoms with E-state index in [2.05, 4.69) is 36.3 Å². The van der Waals surface area contributed by atoms with Gasteiger partial charge in [-0.3, -0.25) is 4.79 Å². The lowest BCUT2D eigenvalue weighted by Gasteiger charge is -2.21. The number of nitrogens with zero attached hydrogens (tertiary/aromatic N) is 1. The van der Waals surface area contributed by atoms with Crippen molar-refractivity contribution in [3.63, 3.8) is 0 Å². The highest BCUT2D eigenvalue weighted by molar-refractivity contribution is 5.76. The first-order chi connectivity index (χ1) is 14.1. The molecule has 5 nitrogen and oxygen atoms in total. The summed E-state index contributed by atoms with van der Waals surface area (Å²) >= 11 is 0. The maximum absolute atomic E-state index is 12.3. The van der Waals surface area contributed by atoms with Gasteiger partial charge in [0.25, 0.3) is 0 Å². The van der Waals surface area contributed by atoms with Crippen molar-refractivity contribution < 1.29 is 13.9 Å². The van der Waals surface area contributed by atoms with Crippen molar-refractivity contribution in [3.05, 3.63) is 72.2 Å². The number of nitrogens with one attached hydrogen (secondary N) is 1. The number of amides is 1. The highest BCUT2D eigenvalue weighted by Gasteiger charge is 2.17. The van der Waals surface area contributed by atoms with Gasteiger partial charge in [0, 0.05) is 30.9 Å². The molecule has 5 heteroatoms. The van der Waals surface area contributed by atoms with E-state index in [-0.39, 0.29) is 5.91 Å². The number of oxazole rings is 1. The summed E-state index contributed by atoms with van der Waals surface area (Å²) in [5.41, 5.74) is 2.18. The van der Waals surface area contributed by atoms with Crippen molar-refractivity contribution in [2.45, 2.75) is 32.6 Å². The predicted molar refractivity (Wildman–Crippen MR) is 114 cm³/mol. The van der Waals surface area contributed by atoms with Gasteiger partial charge in [0.15, 0.2) is 11.7 Å². The molecule has 0 bridgehead atoms. The topological polar surface area (TPSA) is 64.4 Å². The van der Waals surface area contributed by atoms with E-state index in [1.165, 1.54) is 5.56 Å². The zero-order valence-electron chi connectivity index (χ0n) is 17.2. The highest BCUT2D eigenvalue weighted by atomic mass is 16.5. The molecule has 0 fully saturated rings. The van der Waals surface area contributed by atoms with Crippen LogP contribution in [-0.2, 0) is 11.2 Å². The monoisotopic (exact) mass is 392 g/mol. The van der Waals surface area contributed by atoms with Crippen LogP contribution in [0, 0.1) is 5.92 Å². The molecule has 1 heterocycles. The van der Waals surface area contributed by atoms with Gasteiger partial charge in [-0.05, 0) is 35.7 Å². The lowest BCUT2D eigenvalue weighted by atomic mass is 9.88. The summed E-state index contributed by atoms with van der Waals surface area (Å²) in [5.74, 6) is 2.79. The zero-order valence-corrected chi connectivity index (χ0v) is 17.2. The van der Waals surface area contributed by atoms with Gasteiger partial charge < -0.3 is 14.5 Å². The lowest BCUT2D eigenvalue weighted by Crippen LogP contribution is -2.30. The summed E-state index contributed by atoms with van der Waals surface area (Å²) in [6.07, 6.45) is 2.51. The average Bonchev–Trinajstić information content (AvgIpc) is 3.22. The molecule has 2 aromatic carbocycles. The first kappa shape index (κ1) is 20.6. The molecule has 1 amide bonds. The number of carbonyl (C=O) groups excluding carboxylic acids is 1. The van der Waals surface area contributed by atoms with Crippen molar-refractivity contribution in [1.82, 2.24) is 10.3 Å². The number of rotatable bonds is 9. The van der Waals surface area contributed by atoms with Crippen molar-refractivity contribution >= 4 is 5.91 Å². The Balaban J connectivity index is 1.51. The molecule has 0 aliphatic rings. The summed E-state index contributed by atoms with van der Waals surface area (Å²) in [7, 11) is 1.63. The summed E-state index contributed by atoms with van der Waals surface area (Å²) < 4.78 is 11.0. The second-order valence-electron chi connectivity index (χ2n) is 7.41. The number of aryl methyl sites for hydroxylation is 1. The van der Waals surface area contributed by atoms with Crippen molar-refractivity contribution in [2.75, 3.05) is 13.7 Å². The van der Waals surface area contributed by atoms with E-state index in [9.17, 15) is 4.79 Å². The van der Waals surface area contributed by atoms with E-state index in [1.807, 2.05) is 42.5 Å². The average molecular weight is 392 g/mol. The fourth-order valence-corrected chi connectivity index (χ4v) is 3.29. The van der Waals surface area contributed by atoms with E-state index in [1.54, 1.807) is 13.3 Å². The Bertz CT molecular complexity index is 901. The molecule has 3 aromatic rings. The van der Waals surface area contributed by atoms with Gasteiger partial charge in [-0.2, -0.15) is 0 Å². The van der Waals surface area contributed by atoms with Crippen LogP contribution in [0.3, 0.4) is 0 Å². The molecule has 0 saturated carbocycles. The van der Waals surface area contributed by atoms with Gasteiger partial charge in [-0.15, -0.1) is 0 Å². The quantitative estimate of drug-likeness (QED) is 0.566. The Labute approximate surface area is 172 Å². The van der Waals surface area contributed by atoms with Crippen LogP contribution in [0.25, 0.3) is 11.3 Å². The Hall–Kier alpha value is -3.08. The lowest BCUT2D eigenvalue weighted by molar-refractivity contribution is -0.121. The maximum atomic E-state index is 12.3. The molecule has 1 N–H and O–H groups in total. The predicted octanol–water partition coefficient (Wildman–Crippen LogP) is 4.84. The minimum Gasteiger partial charge on any atom is -0.497 e. The smallest absolute Gasteiger partial charge is 0.220 e. The Kier molecular flexibility index (Phi) is 7.06. The van der Waals surface area contributed by atoms with Crippen LogP contribution in [0.4, 0.5) is 0 Å². The third-order valence-electron chi connectivity index (χ3n) is 5.05. The minimum atomic E-state index is 0.00998. The number of methoxy groups -OCH3 is 1. The molecule has 29 heavy (non-hydrogen) atoms. The van der Waals surface area contributed by atoms with Crippen LogP contribution in [-0.4, -0.2) is 24.5 Å². The molecule has 1 unspecified atom stereocenters. The molecular weight excluding hydrogens is 364 g/mol. The molecule has 0 saturated heterocycles. The van der Waals surface area contributed by atoms with E-state index in [4.69, 9.17) is 9.15 Å². The number of ether oxygens (including phenoxy) is 1. The molecule has 0 aliphatic heterocycles. The SMILES string of the molecule is COc1ccc(-c2cnc(CCC(=O)NCC(c3ccccc3)C(C)C)o2)cc1. The Morgan fingerprint density at radius 2 is 1.83 bits per heavy atom. The zero-order chi connectivity index (χ0) is 20.6. The van der Waals surface area contributed by atoms with Gasteiger partial charge in [-0.25, -0.2) is 4.98 Å². The van der Waals surface area contributed by atoms with Crippen LogP contribution in [0.15, 0.2) is 65.2 Å². The molecule has 0 aliphatic carbocycles. The largest absolute Gasteiger partial charge is 0.497 e. The fraction of sp³-hybridized carbons (Fsp3) is 0.333. The Morgan fingerprint density at radius 1 is 1.10 bits per heavy atom. The summed E-state index contributed by atoms with van der Waals surface area (Å²) in [5, 5.41) is 3.06. The van der Waals surface area contributed by atoms with Crippen molar-refractivity contribution in [2.24, 2.45) is 5.92 Å². The summed E-state index contributed by atoms with van der Waals surface area (Å²) in [6.45, 7) is 4.98. The van der Waals surface area contributed by atoms with Crippen LogP contribution in [0.2, 0.25) is 0 Å². The third-order valence-corrected chi connectivity index (χ3v) is 5.05. The number of benzene rings is 2. The number of carbonyl (C=O) groups is 1. The van der Waals surface area contributed by atoms with E-state index in [0.29, 0.717) is 42.9 Å². The molecule has 152 valence electrons. The fourth-order valence-electron chi connectivity index (χ4n) is 3.29. The van der Waals surface area contributed by atoms with Gasteiger partial charge >= 0.3 is 0 Å². The van der Waals surface area contributed by atoms with Gasteiger partial charge in [0.05, 0.1) is 13.3 Å². The molecule has 3 rings (SSSR count). The second-order valence-corrected chi connectivity index (χ2v) is 7.41. The Morgan fingerprint density at radius 3 is 2.48 bits per heavy atom. The first-order valence-electron chi connectivity index (χ1n) is 9.97. The molecule has 1 aromatic heterocycles. The van der Waals surface area contributed by atoms with Crippen LogP contribution in [0.5, 0.6) is 5.75 Å².